The average Bonchev–Trinajstić information content (AvgIpc) is 2.98. The minimum atomic E-state index is -4.86. The number of benzene rings is 2. The maximum atomic E-state index is 13.1. The largest absolute Gasteiger partial charge is 0.423 e. The molecule has 0 aromatic heterocycles. The van der Waals surface area contributed by atoms with Crippen LogP contribution in [0.25, 0.3) is 0 Å². The van der Waals surface area contributed by atoms with Gasteiger partial charge in [0, 0.05) is 24.8 Å². The molecule has 0 saturated carbocycles. The second-order valence-electron chi connectivity index (χ2n) is 6.25. The topological polar surface area (TPSA) is 92.6 Å². The number of nitro benzene ring substituents is 1. The zero-order chi connectivity index (χ0) is 20.5. The molecule has 7 nitrogen and oxygen atoms in total. The molecule has 0 amide bonds. The van der Waals surface area contributed by atoms with E-state index in [9.17, 15) is 31.7 Å². The summed E-state index contributed by atoms with van der Waals surface area (Å²) in [6.07, 6.45) is -4.32. The van der Waals surface area contributed by atoms with Gasteiger partial charge in [0.25, 0.3) is 5.69 Å². The van der Waals surface area contributed by atoms with Crippen LogP contribution in [0.2, 0.25) is 0 Å². The van der Waals surface area contributed by atoms with Crippen LogP contribution in [0.1, 0.15) is 17.5 Å². The lowest BCUT2D eigenvalue weighted by Gasteiger charge is -2.18. The minimum absolute atomic E-state index is 0.0668. The summed E-state index contributed by atoms with van der Waals surface area (Å²) in [4.78, 5) is 9.73. The van der Waals surface area contributed by atoms with E-state index in [0.29, 0.717) is 30.3 Å². The molecule has 0 unspecified atom stereocenters. The molecule has 1 fully saturated rings. The van der Waals surface area contributed by atoms with Gasteiger partial charge in [0.05, 0.1) is 16.4 Å². The van der Waals surface area contributed by atoms with E-state index in [1.165, 1.54) is 10.4 Å². The van der Waals surface area contributed by atoms with E-state index in [0.717, 1.165) is 6.07 Å². The molecular formula is C17H16F3N3O4S. The number of rotatable bonds is 5. The van der Waals surface area contributed by atoms with Crippen molar-refractivity contribution in [3.63, 3.8) is 0 Å². The summed E-state index contributed by atoms with van der Waals surface area (Å²) in [5.74, 6) is 0.0818. The Hall–Kier alpha value is -2.82. The fraction of sp³-hybridized carbons (Fsp3) is 0.294. The standard InChI is InChI=1S/C17H16F3N3O4S/c18-17(19,20)15-10-13(5-6-16(15)23(24)25)21-11-12-3-1-4-14(9-12)22-7-2-8-28(22,26)27/h1,3-6,9-10,21H,2,7-8,11H2. The first-order chi connectivity index (χ1) is 13.1. The SMILES string of the molecule is O=[N+]([O-])c1ccc(NCc2cccc(N3CCCS3(=O)=O)c2)cc1C(F)(F)F. The van der Waals surface area contributed by atoms with Gasteiger partial charge in [-0.3, -0.25) is 14.4 Å². The fourth-order valence-electron chi connectivity index (χ4n) is 2.99. The van der Waals surface area contributed by atoms with Crippen LogP contribution in [0.4, 0.5) is 30.2 Å². The number of alkyl halides is 3. The van der Waals surface area contributed by atoms with Crippen LogP contribution < -0.4 is 9.62 Å². The number of hydrogen-bond donors (Lipinski definition) is 1. The summed E-state index contributed by atoms with van der Waals surface area (Å²) in [5, 5.41) is 13.6. The van der Waals surface area contributed by atoms with Crippen molar-refractivity contribution >= 4 is 27.1 Å². The number of halogens is 3. The van der Waals surface area contributed by atoms with Gasteiger partial charge in [0.15, 0.2) is 0 Å². The number of nitro groups is 1. The zero-order valence-electron chi connectivity index (χ0n) is 14.4. The quantitative estimate of drug-likeness (QED) is 0.593. The number of nitrogens with one attached hydrogen (secondary N) is 1. The molecule has 0 radical (unpaired) electrons. The average molecular weight is 415 g/mol. The molecule has 0 spiro atoms. The van der Waals surface area contributed by atoms with Crippen LogP contribution >= 0.6 is 0 Å². The second-order valence-corrected chi connectivity index (χ2v) is 8.26. The molecule has 1 aliphatic rings. The highest BCUT2D eigenvalue weighted by molar-refractivity contribution is 7.93. The van der Waals surface area contributed by atoms with Gasteiger partial charge < -0.3 is 5.32 Å². The summed E-state index contributed by atoms with van der Waals surface area (Å²) in [6.45, 7) is 0.507. The molecule has 0 aliphatic carbocycles. The molecule has 1 heterocycles. The number of sulfonamides is 1. The van der Waals surface area contributed by atoms with E-state index in [-0.39, 0.29) is 18.0 Å². The predicted octanol–water partition coefficient (Wildman–Crippen LogP) is 3.77. The van der Waals surface area contributed by atoms with Crippen LogP contribution in [0.5, 0.6) is 0 Å². The highest BCUT2D eigenvalue weighted by Gasteiger charge is 2.38. The summed E-state index contributed by atoms with van der Waals surface area (Å²) >= 11 is 0. The van der Waals surface area contributed by atoms with Crippen molar-refractivity contribution in [3.05, 3.63) is 63.7 Å². The van der Waals surface area contributed by atoms with Crippen molar-refractivity contribution in [2.75, 3.05) is 21.9 Å². The van der Waals surface area contributed by atoms with E-state index < -0.39 is 32.4 Å². The number of nitrogens with zero attached hydrogens (tertiary/aromatic N) is 2. The Morgan fingerprint density at radius 3 is 2.54 bits per heavy atom. The second kappa shape index (κ2) is 7.30. The van der Waals surface area contributed by atoms with Gasteiger partial charge in [-0.2, -0.15) is 13.2 Å². The summed E-state index contributed by atoms with van der Waals surface area (Å²) in [6, 6.07) is 9.35. The van der Waals surface area contributed by atoms with Gasteiger partial charge in [-0.1, -0.05) is 12.1 Å². The van der Waals surface area contributed by atoms with Gasteiger partial charge in [-0.15, -0.1) is 0 Å². The monoisotopic (exact) mass is 415 g/mol. The third kappa shape index (κ3) is 4.19. The van der Waals surface area contributed by atoms with Crippen LogP contribution in [-0.4, -0.2) is 25.6 Å². The van der Waals surface area contributed by atoms with Crippen LogP contribution in [0, 0.1) is 10.1 Å². The van der Waals surface area contributed by atoms with E-state index in [2.05, 4.69) is 5.32 Å². The number of hydrogen-bond acceptors (Lipinski definition) is 5. The van der Waals surface area contributed by atoms with Crippen LogP contribution in [0.15, 0.2) is 42.5 Å². The smallest absolute Gasteiger partial charge is 0.381 e. The Labute approximate surface area is 159 Å². The Kier molecular flexibility index (Phi) is 5.20. The lowest BCUT2D eigenvalue weighted by molar-refractivity contribution is -0.388. The number of anilines is 2. The van der Waals surface area contributed by atoms with Gasteiger partial charge in [0.2, 0.25) is 10.0 Å². The molecular weight excluding hydrogens is 399 g/mol. The Balaban J connectivity index is 1.80. The maximum Gasteiger partial charge on any atom is 0.423 e. The lowest BCUT2D eigenvalue weighted by atomic mass is 10.1. The van der Waals surface area contributed by atoms with Crippen molar-refractivity contribution in [3.8, 4) is 0 Å². The predicted molar refractivity (Wildman–Crippen MR) is 97.6 cm³/mol. The van der Waals surface area contributed by atoms with Crippen LogP contribution in [0.3, 0.4) is 0 Å². The van der Waals surface area contributed by atoms with Gasteiger partial charge >= 0.3 is 6.18 Å². The normalized spacial score (nSPS) is 16.2. The molecule has 2 aromatic carbocycles. The first kappa shape index (κ1) is 19.9. The molecule has 1 aliphatic heterocycles. The molecule has 2 aromatic rings. The van der Waals surface area contributed by atoms with Crippen LogP contribution in [-0.2, 0) is 22.7 Å². The highest BCUT2D eigenvalue weighted by Crippen LogP contribution is 2.37. The van der Waals surface area contributed by atoms with Crippen molar-refractivity contribution in [1.29, 1.82) is 0 Å². The molecule has 1 saturated heterocycles. The van der Waals surface area contributed by atoms with Gasteiger partial charge in [-0.25, -0.2) is 8.42 Å². The molecule has 0 atom stereocenters. The Bertz CT molecular complexity index is 1010. The molecule has 3 rings (SSSR count). The molecule has 11 heteroatoms. The summed E-state index contributed by atoms with van der Waals surface area (Å²) in [5.41, 5.74) is -1.13. The molecule has 150 valence electrons. The van der Waals surface area contributed by atoms with Crippen molar-refractivity contribution in [1.82, 2.24) is 0 Å². The molecule has 28 heavy (non-hydrogen) atoms. The third-order valence-electron chi connectivity index (χ3n) is 4.29. The maximum absolute atomic E-state index is 13.1. The highest BCUT2D eigenvalue weighted by atomic mass is 32.2. The van der Waals surface area contributed by atoms with E-state index >= 15 is 0 Å². The van der Waals surface area contributed by atoms with Crippen molar-refractivity contribution in [2.24, 2.45) is 0 Å². The molecule has 1 N–H and O–H groups in total. The Morgan fingerprint density at radius 1 is 1.18 bits per heavy atom. The summed E-state index contributed by atoms with van der Waals surface area (Å²) in [7, 11) is -3.33. The summed E-state index contributed by atoms with van der Waals surface area (Å²) < 4.78 is 64.5. The Morgan fingerprint density at radius 2 is 1.93 bits per heavy atom. The lowest BCUT2D eigenvalue weighted by Crippen LogP contribution is -2.25. The van der Waals surface area contributed by atoms with Gasteiger partial charge in [-0.05, 0) is 36.2 Å². The third-order valence-corrected chi connectivity index (χ3v) is 6.16. The van der Waals surface area contributed by atoms with E-state index in [1.807, 2.05) is 0 Å². The van der Waals surface area contributed by atoms with E-state index in [1.54, 1.807) is 24.3 Å². The zero-order valence-corrected chi connectivity index (χ0v) is 15.3. The van der Waals surface area contributed by atoms with E-state index in [4.69, 9.17) is 0 Å². The first-order valence-electron chi connectivity index (χ1n) is 8.27. The van der Waals surface area contributed by atoms with Crippen molar-refractivity contribution < 1.29 is 26.5 Å². The fourth-order valence-corrected chi connectivity index (χ4v) is 4.54. The molecule has 0 bridgehead atoms. The van der Waals surface area contributed by atoms with Crippen molar-refractivity contribution in [2.45, 2.75) is 19.1 Å². The minimum Gasteiger partial charge on any atom is -0.381 e. The first-order valence-corrected chi connectivity index (χ1v) is 9.88. The van der Waals surface area contributed by atoms with Gasteiger partial charge in [0.1, 0.15) is 5.56 Å².